The van der Waals surface area contributed by atoms with Gasteiger partial charge in [-0.1, -0.05) is 68.1 Å². The van der Waals surface area contributed by atoms with Crippen molar-refractivity contribution in [3.63, 3.8) is 0 Å². The first kappa shape index (κ1) is 23.4. The molecule has 0 spiro atoms. The Labute approximate surface area is 206 Å². The first-order valence-corrected chi connectivity index (χ1v) is 12.8. The molecular weight excluding hydrogens is 436 g/mol. The van der Waals surface area contributed by atoms with Gasteiger partial charge in [-0.2, -0.15) is 0 Å². The summed E-state index contributed by atoms with van der Waals surface area (Å²) >= 11 is 0. The van der Waals surface area contributed by atoms with Crippen LogP contribution in [0.4, 0.5) is 0 Å². The second kappa shape index (κ2) is 10.5. The Morgan fingerprint density at radius 3 is 2.66 bits per heavy atom. The average Bonchev–Trinajstić information content (AvgIpc) is 3.33. The van der Waals surface area contributed by atoms with Crippen LogP contribution in [0.5, 0.6) is 0 Å². The van der Waals surface area contributed by atoms with Crippen molar-refractivity contribution in [1.29, 1.82) is 0 Å². The Morgan fingerprint density at radius 2 is 1.89 bits per heavy atom. The molecule has 0 unspecified atom stereocenters. The molecule has 182 valence electrons. The zero-order chi connectivity index (χ0) is 24.2. The SMILES string of the molecule is CC[C@@H](c1nnnn1Cc1ccccc1)N(Cc1cc2cc(C)ccc2[nH]c1=O)C1CCCCC1. The smallest absolute Gasteiger partial charge is 0.252 e. The largest absolute Gasteiger partial charge is 0.322 e. The minimum atomic E-state index is -0.0131. The highest BCUT2D eigenvalue weighted by Gasteiger charge is 2.32. The topological polar surface area (TPSA) is 79.7 Å². The summed E-state index contributed by atoms with van der Waals surface area (Å²) in [5.74, 6) is 0.870. The van der Waals surface area contributed by atoms with Crippen LogP contribution >= 0.6 is 0 Å². The van der Waals surface area contributed by atoms with Crippen LogP contribution < -0.4 is 5.56 Å². The molecule has 35 heavy (non-hydrogen) atoms. The summed E-state index contributed by atoms with van der Waals surface area (Å²) in [6.45, 7) is 5.49. The number of fused-ring (bicyclic) bond motifs is 1. The minimum absolute atomic E-state index is 0.0131. The van der Waals surface area contributed by atoms with Crippen LogP contribution in [0.15, 0.2) is 59.4 Å². The van der Waals surface area contributed by atoms with E-state index in [9.17, 15) is 4.79 Å². The van der Waals surface area contributed by atoms with Gasteiger partial charge in [0, 0.05) is 23.7 Å². The van der Waals surface area contributed by atoms with Gasteiger partial charge in [0.15, 0.2) is 5.82 Å². The maximum absolute atomic E-state index is 13.1. The molecule has 4 aromatic rings. The normalized spacial score (nSPS) is 15.6. The Morgan fingerprint density at radius 1 is 1.09 bits per heavy atom. The molecule has 0 aliphatic heterocycles. The molecule has 0 amide bonds. The Balaban J connectivity index is 1.51. The van der Waals surface area contributed by atoms with Crippen molar-refractivity contribution in [3.05, 3.63) is 87.5 Å². The lowest BCUT2D eigenvalue weighted by Gasteiger charge is -2.39. The predicted molar refractivity (Wildman–Crippen MR) is 138 cm³/mol. The quantitative estimate of drug-likeness (QED) is 0.385. The Bertz CT molecular complexity index is 1320. The molecule has 0 saturated heterocycles. The van der Waals surface area contributed by atoms with Gasteiger partial charge in [-0.15, -0.1) is 5.10 Å². The number of tetrazole rings is 1. The molecule has 1 aliphatic rings. The first-order valence-electron chi connectivity index (χ1n) is 12.8. The number of pyridine rings is 1. The molecule has 1 aliphatic carbocycles. The number of aryl methyl sites for hydroxylation is 1. The van der Waals surface area contributed by atoms with Crippen LogP contribution in [-0.4, -0.2) is 36.1 Å². The summed E-state index contributed by atoms with van der Waals surface area (Å²) in [5, 5.41) is 14.0. The van der Waals surface area contributed by atoms with Gasteiger partial charge >= 0.3 is 0 Å². The highest BCUT2D eigenvalue weighted by Crippen LogP contribution is 2.33. The van der Waals surface area contributed by atoms with Gasteiger partial charge in [-0.3, -0.25) is 9.69 Å². The van der Waals surface area contributed by atoms with E-state index in [2.05, 4.69) is 63.5 Å². The van der Waals surface area contributed by atoms with E-state index in [1.807, 2.05) is 35.0 Å². The van der Waals surface area contributed by atoms with Crippen molar-refractivity contribution in [2.24, 2.45) is 0 Å². The maximum atomic E-state index is 13.1. The number of rotatable bonds is 8. The molecule has 7 nitrogen and oxygen atoms in total. The molecular formula is C28H34N6O. The van der Waals surface area contributed by atoms with Crippen LogP contribution in [0.3, 0.4) is 0 Å². The molecule has 1 atom stereocenters. The fraction of sp³-hybridized carbons (Fsp3) is 0.429. The fourth-order valence-electron chi connectivity index (χ4n) is 5.48. The molecule has 1 N–H and O–H groups in total. The van der Waals surface area contributed by atoms with Crippen molar-refractivity contribution in [2.75, 3.05) is 0 Å². The van der Waals surface area contributed by atoms with Crippen LogP contribution in [-0.2, 0) is 13.1 Å². The minimum Gasteiger partial charge on any atom is -0.322 e. The van der Waals surface area contributed by atoms with E-state index < -0.39 is 0 Å². The van der Waals surface area contributed by atoms with Crippen molar-refractivity contribution in [1.82, 2.24) is 30.1 Å². The lowest BCUT2D eigenvalue weighted by molar-refractivity contribution is 0.0844. The Hall–Kier alpha value is -3.32. The zero-order valence-corrected chi connectivity index (χ0v) is 20.7. The van der Waals surface area contributed by atoms with E-state index in [0.717, 1.165) is 41.6 Å². The number of aromatic amines is 1. The molecule has 2 aromatic carbocycles. The number of hydrogen-bond acceptors (Lipinski definition) is 5. The van der Waals surface area contributed by atoms with E-state index in [4.69, 9.17) is 0 Å². The molecule has 7 heteroatoms. The van der Waals surface area contributed by atoms with Crippen molar-refractivity contribution >= 4 is 10.9 Å². The first-order chi connectivity index (χ1) is 17.1. The monoisotopic (exact) mass is 470 g/mol. The van der Waals surface area contributed by atoms with E-state index >= 15 is 0 Å². The highest BCUT2D eigenvalue weighted by atomic mass is 16.1. The van der Waals surface area contributed by atoms with Crippen LogP contribution in [0.25, 0.3) is 10.9 Å². The van der Waals surface area contributed by atoms with Gasteiger partial charge in [0.2, 0.25) is 0 Å². The molecule has 2 heterocycles. The van der Waals surface area contributed by atoms with E-state index in [1.54, 1.807) is 0 Å². The number of nitrogens with one attached hydrogen (secondary N) is 1. The summed E-state index contributed by atoms with van der Waals surface area (Å²) < 4.78 is 1.92. The highest BCUT2D eigenvalue weighted by molar-refractivity contribution is 5.79. The zero-order valence-electron chi connectivity index (χ0n) is 20.7. The van der Waals surface area contributed by atoms with Gasteiger partial charge in [0.05, 0.1) is 12.6 Å². The second-order valence-corrected chi connectivity index (χ2v) is 9.78. The fourth-order valence-corrected chi connectivity index (χ4v) is 5.48. The van der Waals surface area contributed by atoms with Crippen LogP contribution in [0, 0.1) is 6.92 Å². The standard InChI is InChI=1S/C28H34N6O/c1-3-26(27-30-31-32-34(27)18-21-10-6-4-7-11-21)33(24-12-8-5-9-13-24)19-23-17-22-16-20(2)14-15-25(22)29-28(23)35/h4,6-7,10-11,14-17,24,26H,3,5,8-9,12-13,18-19H2,1-2H3,(H,29,35)/t26-/m0/s1. The summed E-state index contributed by atoms with van der Waals surface area (Å²) in [6.07, 6.45) is 6.88. The lowest BCUT2D eigenvalue weighted by atomic mass is 9.92. The maximum Gasteiger partial charge on any atom is 0.252 e. The molecule has 0 bridgehead atoms. The number of nitrogens with zero attached hydrogens (tertiary/aromatic N) is 5. The van der Waals surface area contributed by atoms with Crippen LogP contribution in [0.2, 0.25) is 0 Å². The molecule has 2 aromatic heterocycles. The third kappa shape index (κ3) is 5.20. The van der Waals surface area contributed by atoms with Gasteiger partial charge in [-0.05, 0) is 65.8 Å². The predicted octanol–water partition coefficient (Wildman–Crippen LogP) is 5.16. The summed E-state index contributed by atoms with van der Waals surface area (Å²) in [6, 6.07) is 19.0. The second-order valence-electron chi connectivity index (χ2n) is 9.78. The molecule has 1 fully saturated rings. The van der Waals surface area contributed by atoms with Gasteiger partial charge in [0.1, 0.15) is 0 Å². The van der Waals surface area contributed by atoms with Gasteiger partial charge in [-0.25, -0.2) is 4.68 Å². The molecule has 0 radical (unpaired) electrons. The van der Waals surface area contributed by atoms with Crippen molar-refractivity contribution in [3.8, 4) is 0 Å². The molecule has 5 rings (SSSR count). The van der Waals surface area contributed by atoms with Gasteiger partial charge < -0.3 is 4.98 Å². The third-order valence-electron chi connectivity index (χ3n) is 7.29. The number of benzene rings is 2. The lowest BCUT2D eigenvalue weighted by Crippen LogP contribution is -2.41. The van der Waals surface area contributed by atoms with Gasteiger partial charge in [0.25, 0.3) is 5.56 Å². The molecule has 1 saturated carbocycles. The van der Waals surface area contributed by atoms with Crippen LogP contribution in [0.1, 0.15) is 74.0 Å². The van der Waals surface area contributed by atoms with E-state index in [-0.39, 0.29) is 11.6 Å². The average molecular weight is 471 g/mol. The number of hydrogen-bond donors (Lipinski definition) is 1. The Kier molecular flexibility index (Phi) is 7.04. The number of H-pyrrole nitrogens is 1. The van der Waals surface area contributed by atoms with E-state index in [0.29, 0.717) is 19.1 Å². The number of aromatic nitrogens is 5. The summed E-state index contributed by atoms with van der Waals surface area (Å²) in [4.78, 5) is 18.7. The van der Waals surface area contributed by atoms with Crippen molar-refractivity contribution < 1.29 is 0 Å². The van der Waals surface area contributed by atoms with E-state index in [1.165, 1.54) is 30.4 Å². The summed E-state index contributed by atoms with van der Waals surface area (Å²) in [5.41, 5.74) is 4.02. The third-order valence-corrected chi connectivity index (χ3v) is 7.29. The summed E-state index contributed by atoms with van der Waals surface area (Å²) in [7, 11) is 0. The van der Waals surface area contributed by atoms with Crippen molar-refractivity contribution in [2.45, 2.75) is 77.5 Å².